The summed E-state index contributed by atoms with van der Waals surface area (Å²) in [6, 6.07) is 16.8. The third-order valence-electron chi connectivity index (χ3n) is 6.06. The van der Waals surface area contributed by atoms with Gasteiger partial charge in [-0.2, -0.15) is 11.8 Å². The first-order valence-electron chi connectivity index (χ1n) is 11.0. The topological polar surface area (TPSA) is 65.2 Å². The Morgan fingerprint density at radius 2 is 2.00 bits per heavy atom. The van der Waals surface area contributed by atoms with E-state index in [1.54, 1.807) is 36.0 Å². The number of fused-ring (bicyclic) bond motifs is 1. The Balaban J connectivity index is 1.48. The van der Waals surface area contributed by atoms with Gasteiger partial charge in [0.05, 0.1) is 10.6 Å². The van der Waals surface area contributed by atoms with E-state index >= 15 is 0 Å². The summed E-state index contributed by atoms with van der Waals surface area (Å²) in [6.45, 7) is 1.37. The number of aromatic nitrogens is 1. The van der Waals surface area contributed by atoms with Crippen molar-refractivity contribution in [1.82, 2.24) is 15.2 Å². The summed E-state index contributed by atoms with van der Waals surface area (Å²) in [7, 11) is 0. The Morgan fingerprint density at radius 1 is 1.22 bits per heavy atom. The molecule has 2 aromatic carbocycles. The molecule has 3 aromatic rings. The number of nitrogens with zero attached hydrogens (tertiary/aromatic N) is 1. The van der Waals surface area contributed by atoms with E-state index in [1.807, 2.05) is 23.3 Å². The second-order valence-electron chi connectivity index (χ2n) is 8.22. The highest BCUT2D eigenvalue weighted by Gasteiger charge is 2.31. The molecule has 0 bridgehead atoms. The number of amides is 2. The number of thioether (sulfide) groups is 1. The molecule has 1 aliphatic heterocycles. The molecule has 4 rings (SSSR count). The molecule has 0 unspecified atom stereocenters. The molecular weight excluding hydrogens is 442 g/mol. The number of hydrogen-bond donors (Lipinski definition) is 2. The average Bonchev–Trinajstić information content (AvgIpc) is 3.26. The normalized spacial score (nSPS) is 17.3. The van der Waals surface area contributed by atoms with Crippen LogP contribution in [0.1, 0.15) is 41.2 Å². The van der Waals surface area contributed by atoms with E-state index in [9.17, 15) is 9.59 Å². The van der Waals surface area contributed by atoms with E-state index in [1.165, 1.54) is 11.1 Å². The molecule has 1 saturated heterocycles. The molecule has 168 valence electrons. The Kier molecular flexibility index (Phi) is 7.43. The van der Waals surface area contributed by atoms with Crippen molar-refractivity contribution in [2.75, 3.05) is 25.1 Å². The molecule has 2 heterocycles. The number of benzene rings is 2. The molecule has 1 aliphatic rings. The van der Waals surface area contributed by atoms with Gasteiger partial charge in [0.2, 0.25) is 5.91 Å². The van der Waals surface area contributed by atoms with Crippen molar-refractivity contribution in [2.45, 2.75) is 31.2 Å². The van der Waals surface area contributed by atoms with Gasteiger partial charge in [0.15, 0.2) is 0 Å². The number of likely N-dealkylation sites (tertiary alicyclic amines) is 1. The Labute approximate surface area is 197 Å². The van der Waals surface area contributed by atoms with Crippen molar-refractivity contribution in [3.63, 3.8) is 0 Å². The van der Waals surface area contributed by atoms with Gasteiger partial charge in [0.25, 0.3) is 5.91 Å². The predicted molar refractivity (Wildman–Crippen MR) is 133 cm³/mol. The van der Waals surface area contributed by atoms with Crippen molar-refractivity contribution in [1.29, 1.82) is 0 Å². The van der Waals surface area contributed by atoms with Gasteiger partial charge >= 0.3 is 0 Å². The van der Waals surface area contributed by atoms with E-state index in [-0.39, 0.29) is 17.7 Å². The third kappa shape index (κ3) is 5.13. The van der Waals surface area contributed by atoms with E-state index in [4.69, 9.17) is 11.6 Å². The molecule has 2 atom stereocenters. The maximum Gasteiger partial charge on any atom is 0.253 e. The lowest BCUT2D eigenvalue weighted by molar-refractivity contribution is -0.134. The van der Waals surface area contributed by atoms with E-state index in [0.717, 1.165) is 24.1 Å². The zero-order valence-electron chi connectivity index (χ0n) is 18.1. The number of aromatic amines is 1. The fourth-order valence-corrected chi connectivity index (χ4v) is 5.03. The molecule has 7 heteroatoms. The number of carbonyl (C=O) groups excluding carboxylic acids is 2. The van der Waals surface area contributed by atoms with Crippen LogP contribution in [0.4, 0.5) is 0 Å². The van der Waals surface area contributed by atoms with Crippen molar-refractivity contribution in [3.05, 3.63) is 70.9 Å². The van der Waals surface area contributed by atoms with Crippen LogP contribution in [0.5, 0.6) is 0 Å². The van der Waals surface area contributed by atoms with Gasteiger partial charge < -0.3 is 15.2 Å². The minimum absolute atomic E-state index is 0.0136. The van der Waals surface area contributed by atoms with Crippen LogP contribution in [-0.4, -0.2) is 52.8 Å². The maximum absolute atomic E-state index is 13.5. The fourth-order valence-electron chi connectivity index (χ4n) is 4.34. The van der Waals surface area contributed by atoms with Crippen molar-refractivity contribution >= 4 is 46.1 Å². The van der Waals surface area contributed by atoms with Gasteiger partial charge in [0.1, 0.15) is 6.04 Å². The number of H-pyrrole nitrogens is 1. The van der Waals surface area contributed by atoms with Crippen LogP contribution >= 0.6 is 23.4 Å². The lowest BCUT2D eigenvalue weighted by Crippen LogP contribution is -2.51. The van der Waals surface area contributed by atoms with Gasteiger partial charge in [-0.1, -0.05) is 41.9 Å². The summed E-state index contributed by atoms with van der Waals surface area (Å²) in [5.74, 6) is 0.735. The van der Waals surface area contributed by atoms with Gasteiger partial charge in [0, 0.05) is 30.2 Å². The van der Waals surface area contributed by atoms with Gasteiger partial charge in [-0.15, -0.1) is 0 Å². The Morgan fingerprint density at radius 3 is 2.78 bits per heavy atom. The molecular formula is C25H28ClN3O2S. The molecule has 0 saturated carbocycles. The lowest BCUT2D eigenvalue weighted by atomic mass is 9.94. The molecule has 2 N–H and O–H groups in total. The number of halogens is 1. The zero-order chi connectivity index (χ0) is 22.5. The number of rotatable bonds is 7. The minimum atomic E-state index is -0.562. The van der Waals surface area contributed by atoms with E-state index in [0.29, 0.717) is 30.1 Å². The van der Waals surface area contributed by atoms with Gasteiger partial charge in [-0.05, 0) is 60.9 Å². The number of piperidine rings is 1. The number of hydrogen-bond acceptors (Lipinski definition) is 3. The molecule has 0 aliphatic carbocycles. The van der Waals surface area contributed by atoms with E-state index < -0.39 is 6.04 Å². The van der Waals surface area contributed by atoms with Crippen LogP contribution in [0, 0.1) is 0 Å². The van der Waals surface area contributed by atoms with Crippen molar-refractivity contribution in [2.24, 2.45) is 0 Å². The molecule has 0 spiro atoms. The van der Waals surface area contributed by atoms with Crippen LogP contribution in [0.2, 0.25) is 5.02 Å². The maximum atomic E-state index is 13.5. The Hall–Kier alpha value is -2.44. The largest absolute Gasteiger partial charge is 0.358 e. The summed E-state index contributed by atoms with van der Waals surface area (Å²) in [5, 5.41) is 4.52. The van der Waals surface area contributed by atoms with Crippen LogP contribution < -0.4 is 5.32 Å². The molecule has 0 radical (unpaired) electrons. The molecule has 5 nitrogen and oxygen atoms in total. The molecule has 1 fully saturated rings. The Bertz CT molecular complexity index is 1070. The van der Waals surface area contributed by atoms with Crippen LogP contribution in [0.25, 0.3) is 10.9 Å². The van der Waals surface area contributed by atoms with E-state index in [2.05, 4.69) is 28.5 Å². The first-order valence-corrected chi connectivity index (χ1v) is 12.7. The molecule has 2 amide bonds. The monoisotopic (exact) mass is 469 g/mol. The van der Waals surface area contributed by atoms with Crippen molar-refractivity contribution in [3.8, 4) is 0 Å². The predicted octanol–water partition coefficient (Wildman–Crippen LogP) is 5.08. The third-order valence-corrected chi connectivity index (χ3v) is 7.03. The molecule has 1 aromatic heterocycles. The minimum Gasteiger partial charge on any atom is -0.358 e. The number of para-hydroxylation sites is 1. The van der Waals surface area contributed by atoms with Gasteiger partial charge in [-0.25, -0.2) is 0 Å². The summed E-state index contributed by atoms with van der Waals surface area (Å²) in [4.78, 5) is 31.7. The smallest absolute Gasteiger partial charge is 0.253 e. The van der Waals surface area contributed by atoms with Crippen LogP contribution in [0.15, 0.2) is 54.6 Å². The highest BCUT2D eigenvalue weighted by Crippen LogP contribution is 2.29. The van der Waals surface area contributed by atoms with Gasteiger partial charge in [-0.3, -0.25) is 9.59 Å². The quantitative estimate of drug-likeness (QED) is 0.507. The zero-order valence-corrected chi connectivity index (χ0v) is 19.7. The SMILES string of the molecule is CSCC[C@H](NC(=O)c1ccccc1Cl)C(=O)N1CCC[C@H](c2cc3ccccc3[nH]2)C1. The second kappa shape index (κ2) is 10.5. The first kappa shape index (κ1) is 22.7. The van der Waals surface area contributed by atoms with Crippen LogP contribution in [-0.2, 0) is 4.79 Å². The van der Waals surface area contributed by atoms with Crippen LogP contribution in [0.3, 0.4) is 0 Å². The summed E-state index contributed by atoms with van der Waals surface area (Å²) in [6.07, 6.45) is 4.57. The highest BCUT2D eigenvalue weighted by molar-refractivity contribution is 7.98. The summed E-state index contributed by atoms with van der Waals surface area (Å²) >= 11 is 7.86. The lowest BCUT2D eigenvalue weighted by Gasteiger charge is -2.35. The summed E-state index contributed by atoms with van der Waals surface area (Å²) in [5.41, 5.74) is 2.69. The fraction of sp³-hybridized carbons (Fsp3) is 0.360. The standard InChI is InChI=1S/C25H28ClN3O2S/c1-32-14-12-22(28-24(30)19-9-3-4-10-20(19)26)25(31)29-13-6-8-18(16-29)23-15-17-7-2-5-11-21(17)27-23/h2-5,7,9-11,15,18,22,27H,6,8,12-14,16H2,1H3,(H,28,30)/t18-,22-/m0/s1. The number of carbonyl (C=O) groups is 2. The number of nitrogens with one attached hydrogen (secondary N) is 2. The van der Waals surface area contributed by atoms with Crippen molar-refractivity contribution < 1.29 is 9.59 Å². The second-order valence-corrected chi connectivity index (χ2v) is 9.62. The molecule has 32 heavy (non-hydrogen) atoms. The average molecular weight is 470 g/mol. The highest BCUT2D eigenvalue weighted by atomic mass is 35.5. The first-order chi connectivity index (χ1) is 15.6. The summed E-state index contributed by atoms with van der Waals surface area (Å²) < 4.78 is 0.